The number of rotatable bonds is 5. The molecular formula is C12H15N5O5. The molecule has 0 unspecified atom stereocenters. The maximum Gasteiger partial charge on any atom is 0.263 e. The lowest BCUT2D eigenvalue weighted by atomic mass is 10.2. The summed E-state index contributed by atoms with van der Waals surface area (Å²) in [5.74, 6) is -0.200. The molecule has 0 aliphatic rings. The highest BCUT2D eigenvalue weighted by Crippen LogP contribution is 2.22. The molecule has 0 aliphatic heterocycles. The number of nitrogen functional groups attached to an aromatic ring is 1. The number of nitrogens with zero attached hydrogens (tertiary/aromatic N) is 3. The van der Waals surface area contributed by atoms with Crippen LogP contribution < -0.4 is 11.3 Å². The van der Waals surface area contributed by atoms with Crippen LogP contribution in [-0.2, 0) is 4.74 Å². The van der Waals surface area contributed by atoms with Gasteiger partial charge in [0.2, 0.25) is 5.95 Å². The van der Waals surface area contributed by atoms with E-state index in [1.54, 1.807) is 6.07 Å². The first-order chi connectivity index (χ1) is 10.4. The van der Waals surface area contributed by atoms with E-state index in [9.17, 15) is 15.0 Å². The highest BCUT2D eigenvalue weighted by atomic mass is 16.5. The Morgan fingerprint density at radius 1 is 1.59 bits per heavy atom. The largest absolute Gasteiger partial charge is 0.394 e. The molecule has 0 bridgehead atoms. The first-order valence-electron chi connectivity index (χ1n) is 6.24. The number of methoxy groups -OCH3 is 1. The van der Waals surface area contributed by atoms with Crippen molar-refractivity contribution in [2.45, 2.75) is 18.4 Å². The van der Waals surface area contributed by atoms with Gasteiger partial charge >= 0.3 is 0 Å². The van der Waals surface area contributed by atoms with Gasteiger partial charge in [-0.3, -0.25) is 9.78 Å². The van der Waals surface area contributed by atoms with Crippen molar-refractivity contribution in [2.75, 3.05) is 19.5 Å². The molecule has 0 spiro atoms. The topological polar surface area (TPSA) is 170 Å². The predicted molar refractivity (Wildman–Crippen MR) is 74.6 cm³/mol. The molecule has 0 aromatic carbocycles. The molecule has 10 nitrogen and oxygen atoms in total. The van der Waals surface area contributed by atoms with Crippen LogP contribution in [-0.4, -0.2) is 55.8 Å². The van der Waals surface area contributed by atoms with Crippen LogP contribution in [0.25, 0.3) is 11.0 Å². The van der Waals surface area contributed by atoms with E-state index in [0.717, 1.165) is 4.57 Å². The Hall–Kier alpha value is -2.45. The highest BCUT2D eigenvalue weighted by Gasteiger charge is 2.29. The molecular weight excluding hydrogens is 294 g/mol. The highest BCUT2D eigenvalue weighted by molar-refractivity contribution is 5.83. The van der Waals surface area contributed by atoms with Gasteiger partial charge in [0.05, 0.1) is 12.2 Å². The Morgan fingerprint density at radius 3 is 2.82 bits per heavy atom. The summed E-state index contributed by atoms with van der Waals surface area (Å²) in [4.78, 5) is 18.0. The van der Waals surface area contributed by atoms with Gasteiger partial charge in [0, 0.05) is 13.3 Å². The third-order valence-electron chi connectivity index (χ3n) is 3.28. The van der Waals surface area contributed by atoms with Crippen LogP contribution in [0.4, 0.5) is 5.95 Å². The third-order valence-corrected chi connectivity index (χ3v) is 3.28. The number of nitrogens with one attached hydrogen (secondary N) is 1. The molecule has 2 rings (SSSR count). The number of aliphatic hydroxyl groups is 3. The molecule has 3 atom stereocenters. The number of nitriles is 1. The molecule has 22 heavy (non-hydrogen) atoms. The van der Waals surface area contributed by atoms with E-state index in [1.807, 2.05) is 0 Å². The Kier molecular flexibility index (Phi) is 4.43. The summed E-state index contributed by atoms with van der Waals surface area (Å²) in [6.07, 6.45) is -3.00. The number of nitrogens with two attached hydrogens (primary N) is 1. The van der Waals surface area contributed by atoms with Crippen molar-refractivity contribution >= 4 is 17.0 Å². The second-order valence-corrected chi connectivity index (χ2v) is 4.57. The normalized spacial score (nSPS) is 15.4. The fraction of sp³-hybridized carbons (Fsp3) is 0.417. The van der Waals surface area contributed by atoms with Gasteiger partial charge in [-0.2, -0.15) is 10.2 Å². The molecule has 10 heteroatoms. The van der Waals surface area contributed by atoms with Crippen LogP contribution in [0.3, 0.4) is 0 Å². The molecule has 2 heterocycles. The van der Waals surface area contributed by atoms with Gasteiger partial charge in [0.1, 0.15) is 23.7 Å². The maximum atomic E-state index is 11.9. The first kappa shape index (κ1) is 15.9. The van der Waals surface area contributed by atoms with Crippen molar-refractivity contribution in [3.05, 3.63) is 22.1 Å². The summed E-state index contributed by atoms with van der Waals surface area (Å²) >= 11 is 0. The molecule has 2 aromatic rings. The van der Waals surface area contributed by atoms with Crippen molar-refractivity contribution in [3.63, 3.8) is 0 Å². The molecule has 0 saturated carbocycles. The number of ether oxygens (including phenoxy) is 1. The van der Waals surface area contributed by atoms with E-state index in [2.05, 4.69) is 9.97 Å². The molecule has 118 valence electrons. The maximum absolute atomic E-state index is 11.9. The zero-order chi connectivity index (χ0) is 16.4. The van der Waals surface area contributed by atoms with Crippen molar-refractivity contribution in [3.8, 4) is 6.07 Å². The van der Waals surface area contributed by atoms with Gasteiger partial charge < -0.3 is 30.4 Å². The SMILES string of the molecule is CO[C@H](CO)[C@@H](O)[C@@H](O)n1cc(C#N)c2c(=O)[nH]c(N)nc21. The van der Waals surface area contributed by atoms with Crippen LogP contribution in [0.5, 0.6) is 0 Å². The summed E-state index contributed by atoms with van der Waals surface area (Å²) < 4.78 is 5.88. The number of anilines is 1. The minimum absolute atomic E-state index is 0.0343. The lowest BCUT2D eigenvalue weighted by Crippen LogP contribution is -2.38. The zero-order valence-corrected chi connectivity index (χ0v) is 11.6. The summed E-state index contributed by atoms with van der Waals surface area (Å²) in [6, 6.07) is 1.81. The van der Waals surface area contributed by atoms with Crippen molar-refractivity contribution in [1.29, 1.82) is 5.26 Å². The molecule has 6 N–H and O–H groups in total. The second kappa shape index (κ2) is 6.12. The summed E-state index contributed by atoms with van der Waals surface area (Å²) in [6.45, 7) is -0.533. The Balaban J connectivity index is 2.61. The van der Waals surface area contributed by atoms with Crippen molar-refractivity contribution in [2.24, 2.45) is 0 Å². The number of aliphatic hydroxyl groups excluding tert-OH is 3. The number of H-pyrrole nitrogens is 1. The molecule has 0 amide bonds. The summed E-state index contributed by atoms with van der Waals surface area (Å²) in [7, 11) is 1.26. The lowest BCUT2D eigenvalue weighted by Gasteiger charge is -2.25. The van der Waals surface area contributed by atoms with Crippen LogP contribution in [0, 0.1) is 11.3 Å². The van der Waals surface area contributed by atoms with Crippen LogP contribution in [0.1, 0.15) is 11.8 Å². The summed E-state index contributed by atoms with van der Waals surface area (Å²) in [5.41, 5.74) is 4.73. The molecule has 0 fully saturated rings. The minimum atomic E-state index is -1.60. The summed E-state index contributed by atoms with van der Waals surface area (Å²) in [5, 5.41) is 38.4. The second-order valence-electron chi connectivity index (χ2n) is 4.57. The number of fused-ring (bicyclic) bond motifs is 1. The van der Waals surface area contributed by atoms with E-state index >= 15 is 0 Å². The van der Waals surface area contributed by atoms with E-state index in [1.165, 1.54) is 13.3 Å². The third kappa shape index (κ3) is 2.53. The zero-order valence-electron chi connectivity index (χ0n) is 11.6. The van der Waals surface area contributed by atoms with Gasteiger partial charge in [-0.05, 0) is 0 Å². The molecule has 2 aromatic heterocycles. The number of hydrogen-bond acceptors (Lipinski definition) is 8. The standard InChI is InChI=1S/C12H15N5O5/c1-22-6(4-18)8(19)11(21)17-3-5(2-13)7-9(17)15-12(14)16-10(7)20/h3,6,8,11,18-19,21H,4H2,1H3,(H3,14,15,16,20)/t6-,8-,11-/m1/s1. The van der Waals surface area contributed by atoms with E-state index in [4.69, 9.17) is 20.8 Å². The van der Waals surface area contributed by atoms with Crippen LogP contribution in [0.2, 0.25) is 0 Å². The van der Waals surface area contributed by atoms with Crippen molar-refractivity contribution in [1.82, 2.24) is 14.5 Å². The Bertz CT molecular complexity index is 773. The van der Waals surface area contributed by atoms with E-state index in [0.29, 0.717) is 0 Å². The van der Waals surface area contributed by atoms with Crippen molar-refractivity contribution < 1.29 is 20.1 Å². The smallest absolute Gasteiger partial charge is 0.263 e. The predicted octanol–water partition coefficient (Wildman–Crippen LogP) is -1.96. The van der Waals surface area contributed by atoms with Gasteiger partial charge in [0.15, 0.2) is 11.9 Å². The fourth-order valence-corrected chi connectivity index (χ4v) is 2.14. The minimum Gasteiger partial charge on any atom is -0.394 e. The molecule has 0 radical (unpaired) electrons. The number of hydrogen-bond donors (Lipinski definition) is 5. The average Bonchev–Trinajstić information content (AvgIpc) is 2.86. The lowest BCUT2D eigenvalue weighted by molar-refractivity contribution is -0.115. The number of aromatic amines is 1. The molecule has 0 saturated heterocycles. The quantitative estimate of drug-likeness (QED) is 0.423. The monoisotopic (exact) mass is 309 g/mol. The van der Waals surface area contributed by atoms with E-state index in [-0.39, 0.29) is 22.5 Å². The van der Waals surface area contributed by atoms with Crippen LogP contribution >= 0.6 is 0 Å². The van der Waals surface area contributed by atoms with Gasteiger partial charge in [0.25, 0.3) is 5.56 Å². The van der Waals surface area contributed by atoms with Gasteiger partial charge in [-0.15, -0.1) is 0 Å². The van der Waals surface area contributed by atoms with Gasteiger partial charge in [-0.25, -0.2) is 0 Å². The number of aromatic nitrogens is 3. The Morgan fingerprint density at radius 2 is 2.27 bits per heavy atom. The van der Waals surface area contributed by atoms with Crippen LogP contribution in [0.15, 0.2) is 11.0 Å². The van der Waals surface area contributed by atoms with E-state index < -0.39 is 30.6 Å². The average molecular weight is 309 g/mol. The Labute approximate surface area is 124 Å². The van der Waals surface area contributed by atoms with Gasteiger partial charge in [-0.1, -0.05) is 0 Å². The molecule has 0 aliphatic carbocycles. The first-order valence-corrected chi connectivity index (χ1v) is 6.24. The fourth-order valence-electron chi connectivity index (χ4n) is 2.14.